The molecule has 7 nitrogen and oxygen atoms in total. The maximum Gasteiger partial charge on any atom is 0.317 e. The molecular weight excluding hydrogens is 342 g/mol. The molecule has 1 aromatic carbocycles. The van der Waals surface area contributed by atoms with Gasteiger partial charge in [0.15, 0.2) is 0 Å². The monoisotopic (exact) mass is 369 g/mol. The fourth-order valence-electron chi connectivity index (χ4n) is 4.00. The Morgan fingerprint density at radius 1 is 1.30 bits per heavy atom. The molecule has 2 aromatic rings. The lowest BCUT2D eigenvalue weighted by Gasteiger charge is -2.34. The highest BCUT2D eigenvalue weighted by molar-refractivity contribution is 5.74. The molecule has 1 fully saturated rings. The Morgan fingerprint density at radius 3 is 2.96 bits per heavy atom. The van der Waals surface area contributed by atoms with E-state index in [1.54, 1.807) is 7.11 Å². The van der Waals surface area contributed by atoms with Crippen molar-refractivity contribution >= 4 is 6.03 Å². The van der Waals surface area contributed by atoms with Gasteiger partial charge in [-0.2, -0.15) is 5.10 Å². The van der Waals surface area contributed by atoms with Crippen LogP contribution < -0.4 is 10.1 Å². The number of urea groups is 1. The van der Waals surface area contributed by atoms with Gasteiger partial charge >= 0.3 is 6.03 Å². The van der Waals surface area contributed by atoms with Crippen LogP contribution in [0.4, 0.5) is 4.79 Å². The van der Waals surface area contributed by atoms with Gasteiger partial charge in [0, 0.05) is 45.5 Å². The Labute approximate surface area is 159 Å². The summed E-state index contributed by atoms with van der Waals surface area (Å²) in [6.07, 6.45) is 4.06. The zero-order valence-electron chi connectivity index (χ0n) is 15.8. The minimum Gasteiger partial charge on any atom is -0.497 e. The number of amides is 2. The Morgan fingerprint density at radius 2 is 2.15 bits per heavy atom. The highest BCUT2D eigenvalue weighted by Gasteiger charge is 2.27. The number of likely N-dealkylation sites (tertiary alicyclic amines) is 1. The third-order valence-electron chi connectivity index (χ3n) is 5.38. The summed E-state index contributed by atoms with van der Waals surface area (Å²) in [4.78, 5) is 16.6. The van der Waals surface area contributed by atoms with E-state index >= 15 is 0 Å². The van der Waals surface area contributed by atoms with Crippen molar-refractivity contribution in [3.63, 3.8) is 0 Å². The van der Waals surface area contributed by atoms with Gasteiger partial charge in [-0.05, 0) is 36.6 Å². The number of carbonyl (C=O) groups is 1. The summed E-state index contributed by atoms with van der Waals surface area (Å²) in [6, 6.07) is 10.4. The SMILES string of the molecule is COc1cccc(CN2Cc3ccnn3C(CNC(=O)N3CCCC3)C2)c1. The van der Waals surface area contributed by atoms with Gasteiger partial charge < -0.3 is 15.0 Å². The molecule has 1 aromatic heterocycles. The van der Waals surface area contributed by atoms with Crippen molar-refractivity contribution in [2.45, 2.75) is 32.0 Å². The largest absolute Gasteiger partial charge is 0.497 e. The van der Waals surface area contributed by atoms with E-state index in [2.05, 4.69) is 38.2 Å². The predicted octanol–water partition coefficient (Wildman–Crippen LogP) is 2.25. The molecule has 2 aliphatic rings. The van der Waals surface area contributed by atoms with Crippen LogP contribution in [-0.4, -0.2) is 58.9 Å². The lowest BCUT2D eigenvalue weighted by atomic mass is 10.1. The molecule has 1 unspecified atom stereocenters. The first-order chi connectivity index (χ1) is 13.2. The smallest absolute Gasteiger partial charge is 0.317 e. The van der Waals surface area contributed by atoms with Gasteiger partial charge in [-0.15, -0.1) is 0 Å². The summed E-state index contributed by atoms with van der Waals surface area (Å²) in [5.74, 6) is 0.879. The number of nitrogens with one attached hydrogen (secondary N) is 1. The summed E-state index contributed by atoms with van der Waals surface area (Å²) >= 11 is 0. The van der Waals surface area contributed by atoms with Gasteiger partial charge in [0.05, 0.1) is 18.8 Å². The van der Waals surface area contributed by atoms with E-state index in [9.17, 15) is 4.79 Å². The summed E-state index contributed by atoms with van der Waals surface area (Å²) in [6.45, 7) is 4.88. The number of aromatic nitrogens is 2. The second-order valence-corrected chi connectivity index (χ2v) is 7.32. The molecule has 2 aliphatic heterocycles. The van der Waals surface area contributed by atoms with Crippen LogP contribution in [0.25, 0.3) is 0 Å². The van der Waals surface area contributed by atoms with Crippen LogP contribution in [0.3, 0.4) is 0 Å². The van der Waals surface area contributed by atoms with Gasteiger partial charge in [0.25, 0.3) is 0 Å². The fraction of sp³-hybridized carbons (Fsp3) is 0.500. The molecule has 2 amide bonds. The second-order valence-electron chi connectivity index (χ2n) is 7.32. The van der Waals surface area contributed by atoms with Crippen molar-refractivity contribution in [2.24, 2.45) is 0 Å². The number of carbonyl (C=O) groups excluding carboxylic acids is 1. The van der Waals surface area contributed by atoms with E-state index in [0.29, 0.717) is 6.54 Å². The third kappa shape index (κ3) is 4.08. The number of ether oxygens (including phenoxy) is 1. The molecule has 1 atom stereocenters. The first-order valence-electron chi connectivity index (χ1n) is 9.63. The van der Waals surface area contributed by atoms with Gasteiger partial charge in [-0.3, -0.25) is 9.58 Å². The Hall–Kier alpha value is -2.54. The number of methoxy groups -OCH3 is 1. The van der Waals surface area contributed by atoms with Crippen molar-refractivity contribution < 1.29 is 9.53 Å². The zero-order valence-corrected chi connectivity index (χ0v) is 15.8. The lowest BCUT2D eigenvalue weighted by Crippen LogP contribution is -2.45. The standard InChI is InChI=1S/C20H27N5O2/c1-27-19-6-4-5-16(11-19)13-23-14-17-7-8-22-25(17)18(15-23)12-21-20(26)24-9-2-3-10-24/h4-8,11,18H,2-3,9-10,12-15H2,1H3,(H,21,26). The van der Waals surface area contributed by atoms with Gasteiger partial charge in [0.1, 0.15) is 5.75 Å². The first kappa shape index (κ1) is 17.9. The number of hydrogen-bond acceptors (Lipinski definition) is 4. The third-order valence-corrected chi connectivity index (χ3v) is 5.38. The van der Waals surface area contributed by atoms with Gasteiger partial charge in [-0.25, -0.2) is 4.79 Å². The van der Waals surface area contributed by atoms with Crippen molar-refractivity contribution in [1.82, 2.24) is 24.9 Å². The van der Waals surface area contributed by atoms with E-state index in [4.69, 9.17) is 4.74 Å². The van der Waals surface area contributed by atoms with Crippen LogP contribution >= 0.6 is 0 Å². The van der Waals surface area contributed by atoms with Crippen LogP contribution in [0.1, 0.15) is 30.1 Å². The average Bonchev–Trinajstić information content (AvgIpc) is 3.37. The number of benzene rings is 1. The van der Waals surface area contributed by atoms with E-state index in [0.717, 1.165) is 51.3 Å². The predicted molar refractivity (Wildman–Crippen MR) is 103 cm³/mol. The van der Waals surface area contributed by atoms with Gasteiger partial charge in [-0.1, -0.05) is 12.1 Å². The molecule has 4 rings (SSSR count). The topological polar surface area (TPSA) is 62.6 Å². The van der Waals surface area contributed by atoms with Crippen molar-refractivity contribution in [2.75, 3.05) is 33.3 Å². The van der Waals surface area contributed by atoms with Crippen LogP contribution in [-0.2, 0) is 13.1 Å². The highest BCUT2D eigenvalue weighted by atomic mass is 16.5. The van der Waals surface area contributed by atoms with Crippen LogP contribution in [0.2, 0.25) is 0 Å². The number of hydrogen-bond donors (Lipinski definition) is 1. The minimum atomic E-state index is 0.0473. The highest BCUT2D eigenvalue weighted by Crippen LogP contribution is 2.23. The number of nitrogens with zero attached hydrogens (tertiary/aromatic N) is 4. The molecule has 0 radical (unpaired) electrons. The maximum absolute atomic E-state index is 12.3. The average molecular weight is 369 g/mol. The molecule has 0 aliphatic carbocycles. The van der Waals surface area contributed by atoms with Crippen molar-refractivity contribution in [3.8, 4) is 5.75 Å². The molecule has 3 heterocycles. The number of fused-ring (bicyclic) bond motifs is 1. The summed E-state index contributed by atoms with van der Waals surface area (Å²) in [7, 11) is 1.69. The molecule has 27 heavy (non-hydrogen) atoms. The molecule has 1 N–H and O–H groups in total. The summed E-state index contributed by atoms with van der Waals surface area (Å²) in [5.41, 5.74) is 2.41. The zero-order chi connectivity index (χ0) is 18.6. The quantitative estimate of drug-likeness (QED) is 0.878. The Kier molecular flexibility index (Phi) is 5.29. The Bertz CT molecular complexity index is 784. The molecule has 0 spiro atoms. The summed E-state index contributed by atoms with van der Waals surface area (Å²) < 4.78 is 7.40. The van der Waals surface area contributed by atoms with Crippen LogP contribution in [0.5, 0.6) is 5.75 Å². The van der Waals surface area contributed by atoms with Crippen LogP contribution in [0.15, 0.2) is 36.5 Å². The molecule has 0 saturated carbocycles. The molecule has 144 valence electrons. The summed E-state index contributed by atoms with van der Waals surface area (Å²) in [5, 5.41) is 7.59. The minimum absolute atomic E-state index is 0.0473. The molecule has 7 heteroatoms. The van der Waals surface area contributed by atoms with E-state index in [1.807, 2.05) is 23.2 Å². The first-order valence-corrected chi connectivity index (χ1v) is 9.63. The molecule has 1 saturated heterocycles. The van der Waals surface area contributed by atoms with Gasteiger partial charge in [0.2, 0.25) is 0 Å². The van der Waals surface area contributed by atoms with E-state index in [-0.39, 0.29) is 12.1 Å². The Balaban J connectivity index is 1.41. The maximum atomic E-state index is 12.3. The normalized spacial score (nSPS) is 19.7. The fourth-order valence-corrected chi connectivity index (χ4v) is 4.00. The van der Waals surface area contributed by atoms with E-state index in [1.165, 1.54) is 11.3 Å². The molecule has 0 bridgehead atoms. The van der Waals surface area contributed by atoms with E-state index < -0.39 is 0 Å². The van der Waals surface area contributed by atoms with Crippen LogP contribution in [0, 0.1) is 0 Å². The lowest BCUT2D eigenvalue weighted by molar-refractivity contribution is 0.161. The second kappa shape index (κ2) is 8.00. The van der Waals surface area contributed by atoms with Crippen molar-refractivity contribution in [3.05, 3.63) is 47.8 Å². The number of rotatable bonds is 5. The van der Waals surface area contributed by atoms with Crippen molar-refractivity contribution in [1.29, 1.82) is 0 Å². The molecular formula is C20H27N5O2.